The quantitative estimate of drug-likeness (QED) is 0.353. The number of fused-ring (bicyclic) bond motifs is 1. The van der Waals surface area contributed by atoms with E-state index in [1.165, 1.54) is 23.0 Å². The summed E-state index contributed by atoms with van der Waals surface area (Å²) in [6, 6.07) is 8.19. The number of methoxy groups -OCH3 is 3. The molecule has 0 amide bonds. The minimum absolute atomic E-state index is 0.188. The number of carbonyl (C=O) groups is 1. The van der Waals surface area contributed by atoms with Crippen LogP contribution in [0.2, 0.25) is 0 Å². The molecule has 8 nitrogen and oxygen atoms in total. The molecule has 2 heterocycles. The summed E-state index contributed by atoms with van der Waals surface area (Å²) in [5, 5.41) is 0. The SMILES string of the molecule is CCOC(=O)C1=C(C)N=c2s/c(=C\c3cc(Br)c(OC)c(Br)c3)c(=O)n2[C@H]1c1ccc(OC)cc1OC. The van der Waals surface area contributed by atoms with Gasteiger partial charge in [-0.15, -0.1) is 0 Å². The second kappa shape index (κ2) is 11.2. The lowest BCUT2D eigenvalue weighted by atomic mass is 9.95. The van der Waals surface area contributed by atoms with E-state index in [4.69, 9.17) is 18.9 Å². The Morgan fingerprint density at radius 1 is 1.11 bits per heavy atom. The number of nitrogens with zero attached hydrogens (tertiary/aromatic N) is 2. The van der Waals surface area contributed by atoms with Gasteiger partial charge in [-0.05, 0) is 81.6 Å². The summed E-state index contributed by atoms with van der Waals surface area (Å²) in [4.78, 5) is 32.1. The second-order valence-electron chi connectivity index (χ2n) is 7.93. The van der Waals surface area contributed by atoms with Gasteiger partial charge in [-0.1, -0.05) is 11.3 Å². The minimum Gasteiger partial charge on any atom is -0.497 e. The number of halogens is 2. The molecule has 2 aromatic carbocycles. The maximum Gasteiger partial charge on any atom is 0.338 e. The maximum atomic E-state index is 13.8. The van der Waals surface area contributed by atoms with E-state index in [2.05, 4.69) is 36.9 Å². The fourth-order valence-corrected chi connectivity index (χ4v) is 6.73. The Bertz CT molecular complexity index is 1570. The first kappa shape index (κ1) is 27.2. The summed E-state index contributed by atoms with van der Waals surface area (Å²) < 4.78 is 25.2. The van der Waals surface area contributed by atoms with Gasteiger partial charge in [-0.3, -0.25) is 9.36 Å². The zero-order valence-corrected chi connectivity index (χ0v) is 24.7. The number of rotatable bonds is 7. The summed E-state index contributed by atoms with van der Waals surface area (Å²) in [6.07, 6.45) is 1.78. The highest BCUT2D eigenvalue weighted by Crippen LogP contribution is 2.38. The van der Waals surface area contributed by atoms with Crippen LogP contribution in [0.1, 0.15) is 31.0 Å². The predicted molar refractivity (Wildman–Crippen MR) is 148 cm³/mol. The average molecular weight is 652 g/mol. The molecular formula is C26H24Br2N2O6S. The van der Waals surface area contributed by atoms with E-state index in [-0.39, 0.29) is 17.7 Å². The van der Waals surface area contributed by atoms with Crippen LogP contribution in [0, 0.1) is 0 Å². The van der Waals surface area contributed by atoms with Gasteiger partial charge >= 0.3 is 5.97 Å². The van der Waals surface area contributed by atoms with E-state index in [0.717, 1.165) is 14.5 Å². The molecule has 1 atom stereocenters. The smallest absolute Gasteiger partial charge is 0.338 e. The van der Waals surface area contributed by atoms with Crippen molar-refractivity contribution in [3.8, 4) is 17.2 Å². The lowest BCUT2D eigenvalue weighted by molar-refractivity contribution is -0.139. The lowest BCUT2D eigenvalue weighted by Crippen LogP contribution is -2.40. The number of aromatic nitrogens is 1. The van der Waals surface area contributed by atoms with Crippen LogP contribution in [-0.2, 0) is 9.53 Å². The van der Waals surface area contributed by atoms with Gasteiger partial charge in [-0.2, -0.15) is 0 Å². The molecule has 37 heavy (non-hydrogen) atoms. The average Bonchev–Trinajstić information content (AvgIpc) is 3.16. The Labute approximate surface area is 234 Å². The van der Waals surface area contributed by atoms with E-state index in [1.54, 1.807) is 52.3 Å². The monoisotopic (exact) mass is 650 g/mol. The van der Waals surface area contributed by atoms with E-state index >= 15 is 0 Å². The van der Waals surface area contributed by atoms with E-state index in [0.29, 0.717) is 37.8 Å². The Morgan fingerprint density at radius 2 is 1.81 bits per heavy atom. The fraction of sp³-hybridized carbons (Fsp3) is 0.269. The Balaban J connectivity index is 1.98. The molecule has 0 N–H and O–H groups in total. The van der Waals surface area contributed by atoms with Gasteiger partial charge in [0.2, 0.25) is 0 Å². The number of allylic oxidation sites excluding steroid dienone is 1. The molecule has 0 radical (unpaired) electrons. The van der Waals surface area contributed by atoms with Crippen molar-refractivity contribution in [2.24, 2.45) is 4.99 Å². The molecule has 3 aromatic rings. The molecular weight excluding hydrogens is 628 g/mol. The molecule has 0 spiro atoms. The standard InChI is InChI=1S/C26H24Br2N2O6S/c1-6-36-25(32)21-13(2)29-26-30(22(21)16-8-7-15(33-3)12-19(16)34-4)24(31)20(37-26)11-14-9-17(27)23(35-5)18(28)10-14/h7-12,22H,6H2,1-5H3/b20-11-/t22-/m0/s1. The van der Waals surface area contributed by atoms with E-state index in [1.807, 2.05) is 12.1 Å². The first-order valence-corrected chi connectivity index (χ1v) is 13.6. The summed E-state index contributed by atoms with van der Waals surface area (Å²) in [6.45, 7) is 3.66. The fourth-order valence-electron chi connectivity index (χ4n) is 4.14. The number of esters is 1. The van der Waals surface area contributed by atoms with Gasteiger partial charge in [0, 0.05) is 11.6 Å². The van der Waals surface area contributed by atoms with Gasteiger partial charge in [0.1, 0.15) is 23.3 Å². The normalized spacial score (nSPS) is 15.2. The number of hydrogen-bond acceptors (Lipinski definition) is 8. The third-order valence-corrected chi connectivity index (χ3v) is 7.94. The van der Waals surface area contributed by atoms with Crippen LogP contribution >= 0.6 is 43.2 Å². The summed E-state index contributed by atoms with van der Waals surface area (Å²) in [5.74, 6) is 1.17. The zero-order valence-electron chi connectivity index (χ0n) is 20.8. The van der Waals surface area contributed by atoms with Crippen molar-refractivity contribution in [2.45, 2.75) is 19.9 Å². The van der Waals surface area contributed by atoms with E-state index in [9.17, 15) is 9.59 Å². The Morgan fingerprint density at radius 3 is 2.41 bits per heavy atom. The molecule has 0 bridgehead atoms. The van der Waals surface area contributed by atoms with Gasteiger partial charge in [-0.25, -0.2) is 9.79 Å². The molecule has 0 saturated carbocycles. The van der Waals surface area contributed by atoms with Crippen LogP contribution < -0.4 is 29.1 Å². The molecule has 1 aliphatic heterocycles. The van der Waals surface area contributed by atoms with Gasteiger partial charge in [0.15, 0.2) is 4.80 Å². The number of benzene rings is 2. The van der Waals surface area contributed by atoms with Gasteiger partial charge in [0.25, 0.3) is 5.56 Å². The Kier molecular flexibility index (Phi) is 8.25. The minimum atomic E-state index is -0.798. The largest absolute Gasteiger partial charge is 0.497 e. The van der Waals surface area contributed by atoms with Crippen molar-refractivity contribution in [3.05, 3.63) is 81.4 Å². The van der Waals surface area contributed by atoms with Crippen LogP contribution in [0.4, 0.5) is 0 Å². The van der Waals surface area contributed by atoms with Crippen molar-refractivity contribution in [1.82, 2.24) is 4.57 Å². The van der Waals surface area contributed by atoms with Crippen LogP contribution in [0.3, 0.4) is 0 Å². The van der Waals surface area contributed by atoms with Crippen molar-refractivity contribution in [3.63, 3.8) is 0 Å². The first-order valence-electron chi connectivity index (χ1n) is 11.2. The van der Waals surface area contributed by atoms with Crippen LogP contribution in [0.15, 0.2) is 60.3 Å². The highest BCUT2D eigenvalue weighted by molar-refractivity contribution is 9.11. The number of thiazole rings is 1. The molecule has 1 aromatic heterocycles. The highest BCUT2D eigenvalue weighted by Gasteiger charge is 2.35. The second-order valence-corrected chi connectivity index (χ2v) is 10.6. The third kappa shape index (κ3) is 5.12. The molecule has 4 rings (SSSR count). The summed E-state index contributed by atoms with van der Waals surface area (Å²) in [7, 11) is 4.67. The van der Waals surface area contributed by atoms with E-state index < -0.39 is 12.0 Å². The molecule has 0 saturated heterocycles. The van der Waals surface area contributed by atoms with Crippen molar-refractivity contribution < 1.29 is 23.7 Å². The molecule has 0 unspecified atom stereocenters. The van der Waals surface area contributed by atoms with Crippen LogP contribution in [0.5, 0.6) is 17.2 Å². The number of carbonyl (C=O) groups excluding carboxylic acids is 1. The lowest BCUT2D eigenvalue weighted by Gasteiger charge is -2.26. The summed E-state index contributed by atoms with van der Waals surface area (Å²) in [5.41, 5.74) is 1.86. The first-order chi connectivity index (χ1) is 17.7. The Hall–Kier alpha value is -2.89. The third-order valence-electron chi connectivity index (χ3n) is 5.77. The number of hydrogen-bond donors (Lipinski definition) is 0. The topological polar surface area (TPSA) is 88.4 Å². The van der Waals surface area contributed by atoms with Crippen LogP contribution in [0.25, 0.3) is 6.08 Å². The number of ether oxygens (including phenoxy) is 4. The van der Waals surface area contributed by atoms with Gasteiger partial charge in [0.05, 0.1) is 52.7 Å². The zero-order chi connectivity index (χ0) is 26.9. The summed E-state index contributed by atoms with van der Waals surface area (Å²) >= 11 is 8.25. The maximum absolute atomic E-state index is 13.8. The van der Waals surface area contributed by atoms with Crippen molar-refractivity contribution in [1.29, 1.82) is 0 Å². The molecule has 11 heteroatoms. The van der Waals surface area contributed by atoms with Crippen molar-refractivity contribution in [2.75, 3.05) is 27.9 Å². The predicted octanol–water partition coefficient (Wildman–Crippen LogP) is 4.35. The molecule has 0 aliphatic carbocycles. The molecule has 1 aliphatic rings. The molecule has 194 valence electrons. The molecule has 0 fully saturated rings. The van der Waals surface area contributed by atoms with Crippen LogP contribution in [-0.4, -0.2) is 38.5 Å². The van der Waals surface area contributed by atoms with Gasteiger partial charge < -0.3 is 18.9 Å². The van der Waals surface area contributed by atoms with Crippen molar-refractivity contribution >= 4 is 55.2 Å². The highest BCUT2D eigenvalue weighted by atomic mass is 79.9.